The van der Waals surface area contributed by atoms with Gasteiger partial charge in [-0.3, -0.25) is 9.80 Å². The third-order valence-corrected chi connectivity index (χ3v) is 6.84. The topological polar surface area (TPSA) is 84.4 Å². The number of ether oxygens (including phenoxy) is 2. The quantitative estimate of drug-likeness (QED) is 0.494. The van der Waals surface area contributed by atoms with E-state index >= 15 is 0 Å². The number of carbonyl (C=O) groups excluding carboxylic acids is 1. The summed E-state index contributed by atoms with van der Waals surface area (Å²) >= 11 is 0. The lowest BCUT2D eigenvalue weighted by Gasteiger charge is -2.37. The molecule has 36 heavy (non-hydrogen) atoms. The number of para-hydroxylation sites is 1. The number of allylic oxidation sites excluding steroid dienone is 4. The minimum Gasteiger partial charge on any atom is -0.464 e. The number of urea groups is 1. The minimum atomic E-state index is -0.490. The van der Waals surface area contributed by atoms with Gasteiger partial charge in [-0.15, -0.1) is 0 Å². The first kappa shape index (κ1) is 24.1. The molecule has 2 N–H and O–H groups in total. The second-order valence-corrected chi connectivity index (χ2v) is 9.40. The zero-order valence-electron chi connectivity index (χ0n) is 20.6. The number of furan rings is 1. The zero-order chi connectivity index (χ0) is 24.7. The van der Waals surface area contributed by atoms with Crippen LogP contribution < -0.4 is 10.6 Å². The van der Waals surface area contributed by atoms with E-state index in [1.54, 1.807) is 12.5 Å². The molecule has 0 unspecified atom stereocenters. The Labute approximate surface area is 211 Å². The summed E-state index contributed by atoms with van der Waals surface area (Å²) in [6.07, 6.45) is 14.7. The average molecular weight is 491 g/mol. The highest BCUT2D eigenvalue weighted by molar-refractivity contribution is 5.92. The molecule has 190 valence electrons. The normalized spacial score (nSPS) is 18.2. The van der Waals surface area contributed by atoms with Crippen LogP contribution in [0.25, 0.3) is 11.0 Å². The van der Waals surface area contributed by atoms with E-state index in [0.29, 0.717) is 12.4 Å². The van der Waals surface area contributed by atoms with Crippen LogP contribution in [0.5, 0.6) is 0 Å². The van der Waals surface area contributed by atoms with Crippen molar-refractivity contribution < 1.29 is 18.7 Å². The highest BCUT2D eigenvalue weighted by Gasteiger charge is 2.23. The van der Waals surface area contributed by atoms with E-state index in [2.05, 4.69) is 28.0 Å². The Hall–Kier alpha value is -3.65. The van der Waals surface area contributed by atoms with Crippen molar-refractivity contribution in [3.63, 3.8) is 0 Å². The molecule has 0 radical (unpaired) electrons. The number of hydrogen-bond acceptors (Lipinski definition) is 6. The summed E-state index contributed by atoms with van der Waals surface area (Å²) in [7, 11) is 0. The monoisotopic (exact) mass is 490 g/mol. The summed E-state index contributed by atoms with van der Waals surface area (Å²) in [5, 5.41) is 0.963. The van der Waals surface area contributed by atoms with Crippen LogP contribution in [0.3, 0.4) is 0 Å². The van der Waals surface area contributed by atoms with Gasteiger partial charge in [0.05, 0.1) is 0 Å². The maximum absolute atomic E-state index is 12.0. The van der Waals surface area contributed by atoms with Gasteiger partial charge in [-0.25, -0.2) is 4.79 Å². The van der Waals surface area contributed by atoms with Crippen molar-refractivity contribution in [2.24, 2.45) is 5.73 Å². The van der Waals surface area contributed by atoms with Gasteiger partial charge in [0.2, 0.25) is 11.8 Å². The summed E-state index contributed by atoms with van der Waals surface area (Å²) < 4.78 is 17.6. The van der Waals surface area contributed by atoms with Gasteiger partial charge >= 0.3 is 6.03 Å². The molecule has 1 aromatic heterocycles. The molecule has 5 rings (SSSR count). The molecular weight excluding hydrogens is 456 g/mol. The third-order valence-electron chi connectivity index (χ3n) is 6.84. The number of amides is 2. The highest BCUT2D eigenvalue weighted by Crippen LogP contribution is 2.27. The molecular formula is C28H34N4O4. The first-order valence-electron chi connectivity index (χ1n) is 12.8. The number of rotatable bonds is 9. The van der Waals surface area contributed by atoms with E-state index in [9.17, 15) is 4.79 Å². The van der Waals surface area contributed by atoms with Gasteiger partial charge in [0.25, 0.3) is 0 Å². The predicted octanol–water partition coefficient (Wildman–Crippen LogP) is 5.07. The Balaban J connectivity index is 1.04. The number of nitrogens with zero attached hydrogens (tertiary/aromatic N) is 3. The van der Waals surface area contributed by atoms with Crippen LogP contribution in [-0.4, -0.2) is 55.1 Å². The molecule has 2 aliphatic heterocycles. The van der Waals surface area contributed by atoms with E-state index < -0.39 is 6.03 Å². The van der Waals surface area contributed by atoms with Gasteiger partial charge in [-0.1, -0.05) is 42.0 Å². The summed E-state index contributed by atoms with van der Waals surface area (Å²) in [5.41, 5.74) is 7.76. The van der Waals surface area contributed by atoms with Crippen molar-refractivity contribution >= 4 is 22.9 Å². The van der Waals surface area contributed by atoms with Gasteiger partial charge in [0.15, 0.2) is 6.26 Å². The van der Waals surface area contributed by atoms with E-state index in [1.165, 1.54) is 10.5 Å². The number of hydrogen-bond donors (Lipinski definition) is 1. The van der Waals surface area contributed by atoms with E-state index in [0.717, 1.165) is 87.4 Å². The van der Waals surface area contributed by atoms with Crippen LogP contribution >= 0.6 is 0 Å². The molecule has 1 fully saturated rings. The Bertz CT molecular complexity index is 1150. The predicted molar refractivity (Wildman–Crippen MR) is 140 cm³/mol. The first-order valence-corrected chi connectivity index (χ1v) is 12.8. The van der Waals surface area contributed by atoms with Gasteiger partial charge in [0.1, 0.15) is 17.6 Å². The molecule has 8 heteroatoms. The number of fused-ring (bicyclic) bond motifs is 1. The smallest absolute Gasteiger partial charge is 0.321 e. The lowest BCUT2D eigenvalue weighted by Crippen LogP contribution is -2.46. The number of carbonyl (C=O) groups is 1. The summed E-state index contributed by atoms with van der Waals surface area (Å²) in [6, 6.07) is 9.09. The minimum absolute atomic E-state index is 0.490. The lowest BCUT2D eigenvalue weighted by atomic mass is 10.0. The molecule has 0 bridgehead atoms. The van der Waals surface area contributed by atoms with Crippen molar-refractivity contribution in [1.29, 1.82) is 0 Å². The van der Waals surface area contributed by atoms with E-state index in [4.69, 9.17) is 19.6 Å². The molecule has 3 aliphatic rings. The summed E-state index contributed by atoms with van der Waals surface area (Å²) in [4.78, 5) is 18.2. The van der Waals surface area contributed by atoms with Gasteiger partial charge in [-0.05, 0) is 38.3 Å². The van der Waals surface area contributed by atoms with Crippen LogP contribution in [0, 0.1) is 0 Å². The molecule has 0 spiro atoms. The van der Waals surface area contributed by atoms with E-state index in [1.807, 2.05) is 30.3 Å². The SMILES string of the molecule is NC(=O)N(CCCCN1CCN(C2=COC=C(CC3=CC=CCC3)O2)CC1)c1cc2ccccc2o1. The second kappa shape index (κ2) is 11.4. The largest absolute Gasteiger partial charge is 0.464 e. The number of piperazine rings is 1. The average Bonchev–Trinajstić information content (AvgIpc) is 3.33. The van der Waals surface area contributed by atoms with Crippen LogP contribution in [0.4, 0.5) is 10.7 Å². The molecule has 2 aromatic rings. The Morgan fingerprint density at radius 3 is 2.72 bits per heavy atom. The van der Waals surface area contributed by atoms with Crippen molar-refractivity contribution in [3.05, 3.63) is 78.3 Å². The lowest BCUT2D eigenvalue weighted by molar-refractivity contribution is 0.0747. The van der Waals surface area contributed by atoms with Crippen LogP contribution in [0.2, 0.25) is 0 Å². The zero-order valence-corrected chi connectivity index (χ0v) is 20.6. The first-order chi connectivity index (χ1) is 17.7. The Kier molecular flexibility index (Phi) is 7.61. The number of primary amides is 1. The Morgan fingerprint density at radius 1 is 1.08 bits per heavy atom. The molecule has 0 saturated carbocycles. The Morgan fingerprint density at radius 2 is 1.94 bits per heavy atom. The highest BCUT2D eigenvalue weighted by atomic mass is 16.6. The number of benzene rings is 1. The molecule has 1 saturated heterocycles. The fraction of sp³-hybridized carbons (Fsp3) is 0.393. The van der Waals surface area contributed by atoms with Crippen LogP contribution in [0.15, 0.2) is 82.7 Å². The van der Waals surface area contributed by atoms with Crippen molar-refractivity contribution in [3.8, 4) is 0 Å². The van der Waals surface area contributed by atoms with Gasteiger partial charge in [-0.2, -0.15) is 0 Å². The molecule has 8 nitrogen and oxygen atoms in total. The van der Waals surface area contributed by atoms with Gasteiger partial charge in [0, 0.05) is 50.6 Å². The number of anilines is 1. The maximum Gasteiger partial charge on any atom is 0.321 e. The summed E-state index contributed by atoms with van der Waals surface area (Å²) in [5.74, 6) is 2.16. The van der Waals surface area contributed by atoms with Crippen molar-refractivity contribution in [2.75, 3.05) is 44.2 Å². The fourth-order valence-corrected chi connectivity index (χ4v) is 4.82. The fourth-order valence-electron chi connectivity index (χ4n) is 4.82. The standard InChI is InChI=1S/C28H34N4O4/c29-28(33)32(26-19-23-10-4-5-11-25(23)36-26)13-7-6-12-30-14-16-31(17-15-30)27-21-34-20-24(35-27)18-22-8-2-1-3-9-22/h1-2,4-5,8,10-11,19-21H,3,6-7,9,12-18H2,(H2,29,33). The van der Waals surface area contributed by atoms with Crippen molar-refractivity contribution in [1.82, 2.24) is 9.80 Å². The number of nitrogens with two attached hydrogens (primary N) is 1. The molecule has 2 amide bonds. The second-order valence-electron chi connectivity index (χ2n) is 9.40. The number of unbranched alkanes of at least 4 members (excludes halogenated alkanes) is 1. The molecule has 1 aliphatic carbocycles. The molecule has 3 heterocycles. The van der Waals surface area contributed by atoms with E-state index in [-0.39, 0.29) is 0 Å². The van der Waals surface area contributed by atoms with Gasteiger partial charge < -0.3 is 24.5 Å². The molecule has 0 atom stereocenters. The maximum atomic E-state index is 12.0. The van der Waals surface area contributed by atoms with Crippen LogP contribution in [0.1, 0.15) is 32.1 Å². The third kappa shape index (κ3) is 5.94. The van der Waals surface area contributed by atoms with Crippen LogP contribution in [-0.2, 0) is 9.47 Å². The molecule has 1 aromatic carbocycles. The van der Waals surface area contributed by atoms with Crippen molar-refractivity contribution in [2.45, 2.75) is 32.1 Å². The summed E-state index contributed by atoms with van der Waals surface area (Å²) in [6.45, 7) is 5.20.